The van der Waals surface area contributed by atoms with Gasteiger partial charge in [0, 0.05) is 41.8 Å². The van der Waals surface area contributed by atoms with E-state index >= 15 is 0 Å². The molecule has 0 aliphatic carbocycles. The van der Waals surface area contributed by atoms with Gasteiger partial charge < -0.3 is 5.32 Å². The van der Waals surface area contributed by atoms with Gasteiger partial charge in [-0.05, 0) is 56.5 Å². The van der Waals surface area contributed by atoms with Gasteiger partial charge in [-0.2, -0.15) is 0 Å². The lowest BCUT2D eigenvalue weighted by molar-refractivity contribution is -0.117. The van der Waals surface area contributed by atoms with Gasteiger partial charge >= 0.3 is 0 Å². The van der Waals surface area contributed by atoms with Gasteiger partial charge in [0.05, 0.1) is 0 Å². The lowest BCUT2D eigenvalue weighted by Crippen LogP contribution is -2.44. The van der Waals surface area contributed by atoms with Gasteiger partial charge in [0.15, 0.2) is 0 Å². The van der Waals surface area contributed by atoms with Crippen molar-refractivity contribution in [3.8, 4) is 0 Å². The second-order valence-corrected chi connectivity index (χ2v) is 7.21. The number of nitrogens with one attached hydrogen (secondary N) is 1. The SMILES string of the molecule is CC(C)=CCN1CCC(NC(=O)/C=C/c2cc(Cl)ccc2Cl)CC1. The van der Waals surface area contributed by atoms with Crippen molar-refractivity contribution in [3.05, 3.63) is 51.5 Å². The summed E-state index contributed by atoms with van der Waals surface area (Å²) in [6.07, 6.45) is 7.43. The number of nitrogens with zero attached hydrogens (tertiary/aromatic N) is 1. The highest BCUT2D eigenvalue weighted by atomic mass is 35.5. The molecule has 130 valence electrons. The highest BCUT2D eigenvalue weighted by molar-refractivity contribution is 6.34. The average Bonchev–Trinajstić information content (AvgIpc) is 2.55. The molecule has 0 unspecified atom stereocenters. The van der Waals surface area contributed by atoms with Gasteiger partial charge in [0.2, 0.25) is 5.91 Å². The second-order valence-electron chi connectivity index (χ2n) is 6.36. The van der Waals surface area contributed by atoms with Gasteiger partial charge in [-0.15, -0.1) is 0 Å². The zero-order chi connectivity index (χ0) is 17.5. The van der Waals surface area contributed by atoms with E-state index in [4.69, 9.17) is 23.2 Å². The lowest BCUT2D eigenvalue weighted by Gasteiger charge is -2.31. The van der Waals surface area contributed by atoms with Crippen molar-refractivity contribution in [2.75, 3.05) is 19.6 Å². The van der Waals surface area contributed by atoms with Crippen LogP contribution in [0.2, 0.25) is 10.0 Å². The Morgan fingerprint density at radius 2 is 2.00 bits per heavy atom. The molecule has 1 amide bonds. The number of likely N-dealkylation sites (tertiary alicyclic amines) is 1. The monoisotopic (exact) mass is 366 g/mol. The Morgan fingerprint density at radius 3 is 2.67 bits per heavy atom. The number of carbonyl (C=O) groups excluding carboxylic acids is 1. The third-order valence-corrected chi connectivity index (χ3v) is 4.64. The molecule has 1 N–H and O–H groups in total. The van der Waals surface area contributed by atoms with Crippen LogP contribution in [0.1, 0.15) is 32.3 Å². The Hall–Kier alpha value is -1.29. The van der Waals surface area contributed by atoms with Crippen LogP contribution in [-0.4, -0.2) is 36.5 Å². The molecule has 2 rings (SSSR count). The quantitative estimate of drug-likeness (QED) is 0.612. The van der Waals surface area contributed by atoms with Gasteiger partial charge in [0.1, 0.15) is 0 Å². The Kier molecular flexibility index (Phi) is 7.35. The van der Waals surface area contributed by atoms with E-state index in [2.05, 4.69) is 30.1 Å². The molecule has 1 fully saturated rings. The Balaban J connectivity index is 1.80. The maximum absolute atomic E-state index is 12.1. The minimum absolute atomic E-state index is 0.0891. The van der Waals surface area contributed by atoms with Crippen LogP contribution in [0, 0.1) is 0 Å². The Morgan fingerprint density at radius 1 is 1.29 bits per heavy atom. The number of hydrogen-bond donors (Lipinski definition) is 1. The van der Waals surface area contributed by atoms with E-state index in [1.54, 1.807) is 24.3 Å². The summed E-state index contributed by atoms with van der Waals surface area (Å²) in [7, 11) is 0. The molecular weight excluding hydrogens is 343 g/mol. The van der Waals surface area contributed by atoms with Gasteiger partial charge in [-0.1, -0.05) is 34.9 Å². The maximum Gasteiger partial charge on any atom is 0.244 e. The van der Waals surface area contributed by atoms with Crippen molar-refractivity contribution in [3.63, 3.8) is 0 Å². The molecule has 3 nitrogen and oxygen atoms in total. The minimum Gasteiger partial charge on any atom is -0.350 e. The molecule has 0 bridgehead atoms. The minimum atomic E-state index is -0.0891. The standard InChI is InChI=1S/C19H24Cl2N2O/c1-14(2)7-10-23-11-8-17(9-12-23)22-19(24)6-3-15-13-16(20)4-5-18(15)21/h3-7,13,17H,8-12H2,1-2H3,(H,22,24)/b6-3+. The molecule has 1 aliphatic rings. The van der Waals surface area contributed by atoms with Crippen LogP contribution in [0.3, 0.4) is 0 Å². The van der Waals surface area contributed by atoms with Crippen LogP contribution in [0.5, 0.6) is 0 Å². The fourth-order valence-corrected chi connectivity index (χ4v) is 2.99. The number of benzene rings is 1. The molecule has 0 atom stereocenters. The summed E-state index contributed by atoms with van der Waals surface area (Å²) >= 11 is 12.0. The predicted octanol–water partition coefficient (Wildman–Crippen LogP) is 4.55. The van der Waals surface area contributed by atoms with Crippen LogP contribution < -0.4 is 5.32 Å². The normalized spacial score (nSPS) is 16.3. The van der Waals surface area contributed by atoms with Gasteiger partial charge in [0.25, 0.3) is 0 Å². The fourth-order valence-electron chi connectivity index (χ4n) is 2.63. The summed E-state index contributed by atoms with van der Waals surface area (Å²) in [6, 6.07) is 5.43. The second kappa shape index (κ2) is 9.26. The zero-order valence-corrected chi connectivity index (χ0v) is 15.7. The number of halogens is 2. The number of rotatable bonds is 5. The molecule has 0 spiro atoms. The average molecular weight is 367 g/mol. The summed E-state index contributed by atoms with van der Waals surface area (Å²) in [4.78, 5) is 14.5. The molecule has 0 saturated carbocycles. The number of allylic oxidation sites excluding steroid dienone is 1. The summed E-state index contributed by atoms with van der Waals surface area (Å²) in [6.45, 7) is 7.25. The topological polar surface area (TPSA) is 32.3 Å². The van der Waals surface area contributed by atoms with Crippen molar-refractivity contribution in [2.24, 2.45) is 0 Å². The van der Waals surface area contributed by atoms with Crippen LogP contribution in [0.4, 0.5) is 0 Å². The van der Waals surface area contributed by atoms with Crippen LogP contribution in [0.15, 0.2) is 35.9 Å². The zero-order valence-electron chi connectivity index (χ0n) is 14.2. The van der Waals surface area contributed by atoms with Crippen LogP contribution >= 0.6 is 23.2 Å². The first kappa shape index (κ1) is 19.0. The molecule has 1 aromatic rings. The first-order valence-electron chi connectivity index (χ1n) is 8.23. The molecule has 1 aromatic carbocycles. The van der Waals surface area contributed by atoms with Gasteiger partial charge in [-0.3, -0.25) is 9.69 Å². The number of amides is 1. The molecular formula is C19H24Cl2N2O. The maximum atomic E-state index is 12.1. The third kappa shape index (κ3) is 6.31. The lowest BCUT2D eigenvalue weighted by atomic mass is 10.0. The van der Waals surface area contributed by atoms with Crippen molar-refractivity contribution in [2.45, 2.75) is 32.7 Å². The summed E-state index contributed by atoms with van der Waals surface area (Å²) in [5.41, 5.74) is 2.09. The van der Waals surface area contributed by atoms with Crippen molar-refractivity contribution >= 4 is 35.2 Å². The molecule has 1 saturated heterocycles. The van der Waals surface area contributed by atoms with E-state index in [1.165, 1.54) is 11.6 Å². The molecule has 5 heteroatoms. The van der Waals surface area contributed by atoms with E-state index in [-0.39, 0.29) is 11.9 Å². The summed E-state index contributed by atoms with van der Waals surface area (Å²) in [5.74, 6) is -0.0891. The van der Waals surface area contributed by atoms with E-state index in [0.717, 1.165) is 38.0 Å². The van der Waals surface area contributed by atoms with Crippen molar-refractivity contribution in [1.82, 2.24) is 10.2 Å². The summed E-state index contributed by atoms with van der Waals surface area (Å²) in [5, 5.41) is 4.24. The number of hydrogen-bond acceptors (Lipinski definition) is 2. The smallest absolute Gasteiger partial charge is 0.244 e. The molecule has 0 aromatic heterocycles. The largest absolute Gasteiger partial charge is 0.350 e. The first-order chi connectivity index (χ1) is 11.4. The van der Waals surface area contributed by atoms with Crippen molar-refractivity contribution in [1.29, 1.82) is 0 Å². The first-order valence-corrected chi connectivity index (χ1v) is 8.99. The highest BCUT2D eigenvalue weighted by Crippen LogP contribution is 2.21. The van der Waals surface area contributed by atoms with E-state index in [0.29, 0.717) is 10.0 Å². The van der Waals surface area contributed by atoms with Crippen molar-refractivity contribution < 1.29 is 4.79 Å². The number of piperidine rings is 1. The predicted molar refractivity (Wildman–Crippen MR) is 103 cm³/mol. The van der Waals surface area contributed by atoms with E-state index < -0.39 is 0 Å². The Labute approximate surface area is 154 Å². The van der Waals surface area contributed by atoms with Crippen LogP contribution in [-0.2, 0) is 4.79 Å². The molecule has 0 radical (unpaired) electrons. The molecule has 1 aliphatic heterocycles. The molecule has 24 heavy (non-hydrogen) atoms. The fraction of sp³-hybridized carbons (Fsp3) is 0.421. The highest BCUT2D eigenvalue weighted by Gasteiger charge is 2.19. The van der Waals surface area contributed by atoms with E-state index in [1.807, 2.05) is 0 Å². The Bertz CT molecular complexity index is 628. The summed E-state index contributed by atoms with van der Waals surface area (Å²) < 4.78 is 0. The van der Waals surface area contributed by atoms with Gasteiger partial charge in [-0.25, -0.2) is 0 Å². The van der Waals surface area contributed by atoms with Crippen LogP contribution in [0.25, 0.3) is 6.08 Å². The van der Waals surface area contributed by atoms with E-state index in [9.17, 15) is 4.79 Å². The third-order valence-electron chi connectivity index (χ3n) is 4.06. The number of carbonyl (C=O) groups is 1. The molecule has 1 heterocycles.